The number of hydrogen-bond acceptors (Lipinski definition) is 10. The molecule has 10 nitrogen and oxygen atoms in total. The number of carbonyl (C=O) groups excluding carboxylic acids is 4. The van der Waals surface area contributed by atoms with Crippen molar-refractivity contribution in [3.8, 4) is 0 Å². The third kappa shape index (κ3) is 40.6. The van der Waals surface area contributed by atoms with Crippen LogP contribution in [-0.2, 0) is 51.3 Å². The van der Waals surface area contributed by atoms with Gasteiger partial charge in [-0.2, -0.15) is 0 Å². The quantitative estimate of drug-likeness (QED) is 0.0358. The van der Waals surface area contributed by atoms with Crippen molar-refractivity contribution >= 4 is 72.8 Å². The molecule has 0 spiro atoms. The number of carbonyl (C=O) groups is 4. The molecule has 0 saturated carbocycles. The fourth-order valence-electron chi connectivity index (χ4n) is 7.93. The summed E-state index contributed by atoms with van der Waals surface area (Å²) >= 11 is 0. The molecule has 0 aliphatic rings. The van der Waals surface area contributed by atoms with Crippen molar-refractivity contribution in [3.63, 3.8) is 0 Å². The molecule has 0 bridgehead atoms. The minimum absolute atomic E-state index is 0. The zero-order valence-corrected chi connectivity index (χ0v) is 45.5. The van der Waals surface area contributed by atoms with E-state index < -0.39 is 11.9 Å². The average molecular weight is 1030 g/mol. The summed E-state index contributed by atoms with van der Waals surface area (Å²) in [7, 11) is 0. The number of hydrogen-bond donors (Lipinski definition) is 0. The smallest absolute Gasteiger partial charge is 0.550 e. The predicted molar refractivity (Wildman–Crippen MR) is 258 cm³/mol. The van der Waals surface area contributed by atoms with Crippen LogP contribution in [0.5, 0.6) is 0 Å². The average Bonchev–Trinajstić information content (AvgIpc) is 3.26. The van der Waals surface area contributed by atoms with Gasteiger partial charge >= 0.3 is 60.8 Å². The second kappa shape index (κ2) is 44.3. The van der Waals surface area contributed by atoms with Crippen LogP contribution in [0.1, 0.15) is 219 Å². The summed E-state index contributed by atoms with van der Waals surface area (Å²) in [5, 5.41) is 22.2. The number of unbranched alkanes of at least 4 members (excludes halogenated alkanes) is 16. The van der Waals surface area contributed by atoms with Gasteiger partial charge in [-0.05, 0) is 75.3 Å². The van der Waals surface area contributed by atoms with E-state index in [2.05, 4.69) is 13.8 Å². The second-order valence-corrected chi connectivity index (χ2v) is 17.5. The van der Waals surface area contributed by atoms with Crippen LogP contribution in [0.25, 0.3) is 0 Å². The van der Waals surface area contributed by atoms with E-state index in [1.807, 2.05) is 60.7 Å². The monoisotopic (exact) mass is 1030 g/mol. The zero-order chi connectivity index (χ0) is 46.9. The maximum absolute atomic E-state index is 11.5. The van der Waals surface area contributed by atoms with Crippen LogP contribution in [0.3, 0.4) is 0 Å². The molecule has 0 aromatic heterocycles. The van der Waals surface area contributed by atoms with Gasteiger partial charge in [-0.1, -0.05) is 177 Å². The summed E-state index contributed by atoms with van der Waals surface area (Å²) in [6, 6.07) is 19.5. The van der Waals surface area contributed by atoms with Crippen molar-refractivity contribution < 1.29 is 48.3 Å². The molecule has 4 unspecified atom stereocenters. The Morgan fingerprint density at radius 2 is 0.677 bits per heavy atom. The largest absolute Gasteiger partial charge is 2.00 e. The Labute approximate surface area is 434 Å². The van der Waals surface area contributed by atoms with E-state index in [0.29, 0.717) is 26.1 Å². The van der Waals surface area contributed by atoms with Crippen molar-refractivity contribution in [1.82, 2.24) is 0 Å². The molecule has 0 saturated heterocycles. The summed E-state index contributed by atoms with van der Waals surface area (Å²) in [4.78, 5) is 45.1. The molecule has 0 fully saturated rings. The molecule has 0 radical (unpaired) electrons. The summed E-state index contributed by atoms with van der Waals surface area (Å²) in [5.74, 6) is -2.63. The summed E-state index contributed by atoms with van der Waals surface area (Å²) in [6.07, 6.45) is 27.3. The molecule has 65 heavy (non-hydrogen) atoms. The summed E-state index contributed by atoms with van der Waals surface area (Å²) in [6.45, 7) is 8.19. The van der Waals surface area contributed by atoms with E-state index in [1.165, 1.54) is 104 Å². The van der Waals surface area contributed by atoms with Crippen LogP contribution >= 0.6 is 0 Å². The second-order valence-electron chi connectivity index (χ2n) is 17.5. The fraction of sp³-hybridized carbons (Fsp3) is 0.704. The minimum Gasteiger partial charge on any atom is -0.550 e. The van der Waals surface area contributed by atoms with Crippen molar-refractivity contribution in [2.75, 3.05) is 0 Å². The Kier molecular flexibility index (Phi) is 42.8. The van der Waals surface area contributed by atoms with Gasteiger partial charge in [0.25, 0.3) is 0 Å². The number of carboxylic acids is 2. The first kappa shape index (κ1) is 62.8. The summed E-state index contributed by atoms with van der Waals surface area (Å²) in [5.41, 5.74) is 2.05. The van der Waals surface area contributed by atoms with Crippen LogP contribution < -0.4 is 10.2 Å². The molecule has 0 amide bonds. The Balaban J connectivity index is 0.00000124. The van der Waals surface area contributed by atoms with Crippen molar-refractivity contribution in [1.29, 1.82) is 0 Å². The van der Waals surface area contributed by atoms with Crippen LogP contribution in [-0.4, -0.2) is 97.2 Å². The molecule has 364 valence electrons. The molecule has 2 rings (SSSR count). The molecular formula is C54H86BaO10. The van der Waals surface area contributed by atoms with E-state index in [-0.39, 0.29) is 98.1 Å². The van der Waals surface area contributed by atoms with Gasteiger partial charge in [-0.15, -0.1) is 0 Å². The number of aliphatic carboxylic acids is 2. The van der Waals surface area contributed by atoms with E-state index in [1.54, 1.807) is 0 Å². The van der Waals surface area contributed by atoms with Gasteiger partial charge in [0.1, 0.15) is 12.2 Å². The molecule has 0 N–H and O–H groups in total. The minimum atomic E-state index is -1.09. The Morgan fingerprint density at radius 1 is 0.415 bits per heavy atom. The molecule has 2 aromatic rings. The molecule has 4 atom stereocenters. The van der Waals surface area contributed by atoms with Gasteiger partial charge in [-0.3, -0.25) is 9.59 Å². The van der Waals surface area contributed by atoms with Crippen molar-refractivity contribution in [2.45, 2.75) is 245 Å². The first-order valence-corrected chi connectivity index (χ1v) is 25.1. The number of esters is 2. The van der Waals surface area contributed by atoms with E-state index >= 15 is 0 Å². The molecule has 0 heterocycles. The van der Waals surface area contributed by atoms with Gasteiger partial charge in [0, 0.05) is 38.6 Å². The van der Waals surface area contributed by atoms with Crippen molar-refractivity contribution in [3.05, 3.63) is 71.8 Å². The number of carboxylic acid groups (broad SMARTS) is 2. The van der Waals surface area contributed by atoms with E-state index in [4.69, 9.17) is 18.9 Å². The predicted octanol–water partition coefficient (Wildman–Crippen LogP) is 11.1. The first-order valence-electron chi connectivity index (χ1n) is 25.1. The van der Waals surface area contributed by atoms with Crippen LogP contribution in [0.2, 0.25) is 0 Å². The summed E-state index contributed by atoms with van der Waals surface area (Å²) < 4.78 is 22.7. The third-order valence-corrected chi connectivity index (χ3v) is 11.5. The van der Waals surface area contributed by atoms with Crippen molar-refractivity contribution in [2.24, 2.45) is 0 Å². The normalized spacial score (nSPS) is 12.7. The maximum atomic E-state index is 11.5. The Morgan fingerprint density at radius 3 is 0.954 bits per heavy atom. The van der Waals surface area contributed by atoms with Gasteiger partial charge in [0.15, 0.2) is 0 Å². The molecule has 11 heteroatoms. The SMILES string of the molecule is CCCCCCCCCCC(CCCCC(CC(=O)[O-])OCc1ccccc1)OC(C)=O.CCCCCCCCCCC(CCCCC(CC(=O)[O-])OCc1ccccc1)OC(C)=O.[Ba+2]. The van der Waals surface area contributed by atoms with Gasteiger partial charge in [-0.25, -0.2) is 0 Å². The van der Waals surface area contributed by atoms with Crippen LogP contribution in [0, 0.1) is 0 Å². The molecule has 0 aliphatic carbocycles. The van der Waals surface area contributed by atoms with Gasteiger partial charge in [0.05, 0.1) is 25.4 Å². The standard InChI is InChI=1S/2C27H44O5.Ba/c2*1-3-4-5-6-7-8-9-13-18-25(32-23(2)28)19-14-15-20-26(21-27(29)30)31-22-24-16-11-10-12-17-24;/h2*10-12,16-17,25-26H,3-9,13-15,18-22H2,1-2H3,(H,29,30);/q;;+2/p-2. The number of rotatable bonds is 40. The zero-order valence-electron chi connectivity index (χ0n) is 41.1. The maximum Gasteiger partial charge on any atom is 2.00 e. The number of ether oxygens (including phenoxy) is 4. The van der Waals surface area contributed by atoms with Crippen LogP contribution in [0.15, 0.2) is 60.7 Å². The number of benzene rings is 2. The van der Waals surface area contributed by atoms with E-state index in [0.717, 1.165) is 75.3 Å². The molecule has 2 aromatic carbocycles. The van der Waals surface area contributed by atoms with Gasteiger partial charge < -0.3 is 38.7 Å². The Hall–Kier alpha value is -2.19. The van der Waals surface area contributed by atoms with Gasteiger partial charge in [0.2, 0.25) is 0 Å². The first-order chi connectivity index (χ1) is 31.0. The fourth-order valence-corrected chi connectivity index (χ4v) is 7.93. The van der Waals surface area contributed by atoms with E-state index in [9.17, 15) is 29.4 Å². The van der Waals surface area contributed by atoms with Crippen LogP contribution in [0.4, 0.5) is 0 Å². The molecular weight excluding hydrogens is 946 g/mol. The third-order valence-electron chi connectivity index (χ3n) is 11.5. The molecule has 0 aliphatic heterocycles. The topological polar surface area (TPSA) is 151 Å². The Bertz CT molecular complexity index is 1320.